The van der Waals surface area contributed by atoms with E-state index < -0.39 is 16.1 Å². The van der Waals surface area contributed by atoms with Gasteiger partial charge in [0.1, 0.15) is 34.3 Å². The smallest absolute Gasteiger partial charge is 0.148 e. The third-order valence-corrected chi connectivity index (χ3v) is 28.1. The number of phenols is 2. The Hall–Kier alpha value is -12.9. The Morgan fingerprint density at radius 1 is 0.349 bits per heavy atom. The van der Waals surface area contributed by atoms with E-state index in [9.17, 15) is 10.2 Å². The second-order valence-electron chi connectivity index (χ2n) is 35.7. The fourth-order valence-electron chi connectivity index (χ4n) is 17.8. The van der Waals surface area contributed by atoms with Crippen molar-refractivity contribution < 1.29 is 61.2 Å². The van der Waals surface area contributed by atoms with E-state index in [4.69, 9.17) is 28.8 Å². The monoisotopic (exact) mass is 2030 g/mol. The van der Waals surface area contributed by atoms with Crippen LogP contribution in [0.4, 0.5) is 0 Å². The summed E-state index contributed by atoms with van der Waals surface area (Å²) in [4.78, 5) is 21.2. The summed E-state index contributed by atoms with van der Waals surface area (Å²) >= 11 is 0. The number of benzene rings is 15. The molecule has 0 radical (unpaired) electrons. The molecule has 15 aromatic carbocycles. The van der Waals surface area contributed by atoms with Crippen molar-refractivity contribution in [1.29, 1.82) is 0 Å². The third kappa shape index (κ3) is 15.9. The van der Waals surface area contributed by atoms with E-state index >= 15 is 0 Å². The van der Waals surface area contributed by atoms with Crippen molar-refractivity contribution in [3.63, 3.8) is 0 Å². The molecule has 21 aromatic rings. The molecule has 2 N–H and O–H groups in total. The zero-order chi connectivity index (χ0) is 84.8. The summed E-state index contributed by atoms with van der Waals surface area (Å²) in [5, 5.41) is 35.2. The molecule has 624 valence electrons. The molecular formula is C112H92N6O4Pt2Si2-2. The van der Waals surface area contributed by atoms with E-state index in [-0.39, 0.29) is 53.6 Å². The van der Waals surface area contributed by atoms with E-state index in [2.05, 4.69) is 331 Å². The molecule has 10 nitrogen and oxygen atoms in total. The number of aromatic nitrogens is 6. The molecule has 0 aliphatic carbocycles. The van der Waals surface area contributed by atoms with Gasteiger partial charge in [0.2, 0.25) is 0 Å². The number of imidazole rings is 2. The van der Waals surface area contributed by atoms with Gasteiger partial charge in [-0.1, -0.05) is 337 Å². The second kappa shape index (κ2) is 34.2. The minimum absolute atomic E-state index is 0. The van der Waals surface area contributed by atoms with Gasteiger partial charge >= 0.3 is 0 Å². The number of hydrogen-bond donors (Lipinski definition) is 2. The number of phenolic OH excluding ortho intramolecular Hbond substituents is 2. The largest absolute Gasteiger partial charge is 0.507 e. The van der Waals surface area contributed by atoms with Crippen molar-refractivity contribution in [3.05, 3.63) is 351 Å². The van der Waals surface area contributed by atoms with Crippen LogP contribution in [0.15, 0.2) is 337 Å². The predicted octanol–water partition coefficient (Wildman–Crippen LogP) is 28.4. The predicted molar refractivity (Wildman–Crippen MR) is 520 cm³/mol. The Kier molecular flexibility index (Phi) is 22.8. The van der Waals surface area contributed by atoms with Crippen LogP contribution in [0.25, 0.3) is 200 Å². The fourth-order valence-corrected chi connectivity index (χ4v) is 20.0. The topological polar surface area (TPSA) is 128 Å². The molecule has 0 aliphatic heterocycles. The van der Waals surface area contributed by atoms with Crippen molar-refractivity contribution in [1.82, 2.24) is 29.1 Å². The zero-order valence-electron chi connectivity index (χ0n) is 71.8. The average molecular weight is 2030 g/mol. The zero-order valence-corrected chi connectivity index (χ0v) is 78.3. The maximum atomic E-state index is 12.1. The summed E-state index contributed by atoms with van der Waals surface area (Å²) in [6.07, 6.45) is 5.86. The molecule has 21 rings (SSSR count). The van der Waals surface area contributed by atoms with Gasteiger partial charge in [0, 0.05) is 87.5 Å². The first-order valence-corrected chi connectivity index (χ1v) is 49.8. The molecule has 0 atom stereocenters. The summed E-state index contributed by atoms with van der Waals surface area (Å²) in [6.45, 7) is 23.1. The Morgan fingerprint density at radius 3 is 1.29 bits per heavy atom. The number of hydrogen-bond acceptors (Lipinski definition) is 8. The molecule has 0 unspecified atom stereocenters. The molecule has 6 heterocycles. The summed E-state index contributed by atoms with van der Waals surface area (Å²) in [7, 11) is -3.27. The Morgan fingerprint density at radius 2 is 0.794 bits per heavy atom. The Balaban J connectivity index is 0.000000168. The van der Waals surface area contributed by atoms with Crippen LogP contribution in [0.5, 0.6) is 11.5 Å². The van der Waals surface area contributed by atoms with Crippen molar-refractivity contribution in [2.75, 3.05) is 0 Å². The maximum Gasteiger partial charge on any atom is 0.148 e. The van der Waals surface area contributed by atoms with Gasteiger partial charge in [-0.15, -0.1) is 35.4 Å². The van der Waals surface area contributed by atoms with Crippen molar-refractivity contribution in [3.8, 4) is 124 Å². The van der Waals surface area contributed by atoms with Gasteiger partial charge in [-0.25, -0.2) is 9.97 Å². The van der Waals surface area contributed by atoms with Crippen LogP contribution in [-0.4, -0.2) is 55.4 Å². The molecule has 0 spiro atoms. The summed E-state index contributed by atoms with van der Waals surface area (Å²) in [5.41, 5.74) is 25.4. The van der Waals surface area contributed by atoms with Crippen molar-refractivity contribution >= 4 is 114 Å². The molecule has 14 heteroatoms. The van der Waals surface area contributed by atoms with Crippen LogP contribution in [0.2, 0.25) is 39.3 Å². The van der Waals surface area contributed by atoms with Crippen LogP contribution in [-0.2, 0) is 55.0 Å². The van der Waals surface area contributed by atoms with E-state index in [0.717, 1.165) is 190 Å². The molecule has 0 aliphatic rings. The molecular weight excluding hydrogens is 1940 g/mol. The van der Waals surface area contributed by atoms with E-state index in [0.29, 0.717) is 34.6 Å². The fraction of sp³-hybridized carbons (Fsp3) is 0.125. The molecule has 0 fully saturated rings. The number of furan rings is 2. The number of rotatable bonds is 17. The normalized spacial score (nSPS) is 11.9. The first-order chi connectivity index (χ1) is 60.2. The maximum absolute atomic E-state index is 12.1. The van der Waals surface area contributed by atoms with Crippen LogP contribution in [0, 0.1) is 24.0 Å². The van der Waals surface area contributed by atoms with Gasteiger partial charge in [0.25, 0.3) is 0 Å². The van der Waals surface area contributed by atoms with E-state index in [1.807, 2.05) is 85.2 Å². The molecule has 126 heavy (non-hydrogen) atoms. The first-order valence-electron chi connectivity index (χ1n) is 42.8. The number of pyridine rings is 2. The first kappa shape index (κ1) is 83.9. The standard InChI is InChI=1S/C57H52N3O2Si.C55H40N3O2Si.2Pt/c1-35(2)27-37-19-21-39(22-20-37)41-23-25-46(53(61)33-41)57-59-55-47(29-38(28-36(3)4)30-52(55)60(57)51-17-12-14-40-13-8-9-15-44(40)51)42-31-48-45-16-10-11-18-54(45)62-56(48)49(32-42)50-26-24-43(34-58-50)63(5,6)7;1-61(2,3)41-27-28-56-48(34-41)47-31-40(30-46-43-22-12-13-24-52(43)60-54(46)47)45-29-39(36-17-8-5-9-18-36)32-50-53(45)57-55(58(50)49-23-14-20-37-19-10-11-21-42(37)49)44-26-25-38(33-51(44)59)35-15-6-4-7-16-35;;/h8-26,29-31,33-36,61H,27-28H2,1-7H3;4-30,32-34,59H,1-3H3;;/q2*-1;;. The van der Waals surface area contributed by atoms with Crippen molar-refractivity contribution in [2.45, 2.75) is 79.8 Å². The van der Waals surface area contributed by atoms with Gasteiger partial charge in [-0.05, 0) is 157 Å². The molecule has 0 saturated heterocycles. The van der Waals surface area contributed by atoms with Crippen LogP contribution < -0.4 is 10.4 Å². The number of fused-ring (bicyclic) bond motifs is 10. The summed E-state index contributed by atoms with van der Waals surface area (Å²) < 4.78 is 17.8. The minimum atomic E-state index is -1.69. The number of nitrogens with zero attached hydrogens (tertiary/aromatic N) is 6. The number of para-hydroxylation sites is 2. The van der Waals surface area contributed by atoms with Gasteiger partial charge in [0.15, 0.2) is 0 Å². The minimum Gasteiger partial charge on any atom is -0.507 e. The molecule has 6 aromatic heterocycles. The number of aromatic hydroxyl groups is 2. The SMILES string of the molecule is CC(C)Cc1ccc(-c2ccc(-c3nc4c(-c5[c-]c(-c6ccc([Si](C)(C)C)cn6)c6oc7ccccc7c6c5)cc(CC(C)C)cc4n3-c3cccc4ccccc34)c(O)c2)cc1.C[Si](C)(C)c1ccnc(-c2[c-]c(-c3cc(-c4ccccc4)cc4c3nc(-c3ccc(-c5ccccc5)cc3O)n4-c3cccc4ccccc34)cc3c2oc2ccccc23)c1.[Pt].[Pt]. The van der Waals surface area contributed by atoms with Crippen LogP contribution >= 0.6 is 0 Å². The Bertz CT molecular complexity index is 7720. The quantitative estimate of drug-likeness (QED) is 0.0681. The van der Waals surface area contributed by atoms with E-state index in [1.165, 1.54) is 21.5 Å². The van der Waals surface area contributed by atoms with Gasteiger partial charge in [0.05, 0.1) is 71.9 Å². The van der Waals surface area contributed by atoms with Gasteiger partial charge in [-0.3, -0.25) is 19.1 Å². The molecule has 0 saturated carbocycles. The molecule has 0 bridgehead atoms. The van der Waals surface area contributed by atoms with Crippen molar-refractivity contribution in [2.24, 2.45) is 11.8 Å². The molecule has 0 amide bonds. The summed E-state index contributed by atoms with van der Waals surface area (Å²) in [6, 6.07) is 117. The Labute approximate surface area is 764 Å². The average Bonchev–Trinajstić information content (AvgIpc) is 1.57. The van der Waals surface area contributed by atoms with Crippen LogP contribution in [0.3, 0.4) is 0 Å². The van der Waals surface area contributed by atoms with Gasteiger partial charge in [-0.2, -0.15) is 0 Å². The second-order valence-corrected chi connectivity index (χ2v) is 45.8. The van der Waals surface area contributed by atoms with Crippen LogP contribution in [0.1, 0.15) is 38.8 Å². The van der Waals surface area contributed by atoms with E-state index in [1.54, 1.807) is 0 Å². The summed E-state index contributed by atoms with van der Waals surface area (Å²) in [5.74, 6) is 2.62. The third-order valence-electron chi connectivity index (χ3n) is 24.0. The van der Waals surface area contributed by atoms with Gasteiger partial charge < -0.3 is 19.0 Å².